The fraction of sp³-hybridized carbons (Fsp3) is 0.115. The molecule has 11 heteroatoms. The monoisotopic (exact) mass is 668 g/mol. The molecule has 37 heavy (non-hydrogen) atoms. The van der Waals surface area contributed by atoms with Crippen LogP contribution in [0.4, 0.5) is 10.5 Å². The normalized spacial score (nSPS) is 14.3. The van der Waals surface area contributed by atoms with Crippen molar-refractivity contribution in [1.29, 1.82) is 0 Å². The van der Waals surface area contributed by atoms with Crippen molar-refractivity contribution in [1.82, 2.24) is 4.90 Å². The van der Waals surface area contributed by atoms with Gasteiger partial charge in [0, 0.05) is 21.3 Å². The van der Waals surface area contributed by atoms with Crippen LogP contribution in [0, 0.1) is 3.57 Å². The van der Waals surface area contributed by atoms with Crippen molar-refractivity contribution in [2.45, 2.75) is 6.54 Å². The molecule has 1 N–H and O–H groups in total. The van der Waals surface area contributed by atoms with E-state index >= 15 is 0 Å². The number of amides is 3. The van der Waals surface area contributed by atoms with Gasteiger partial charge >= 0.3 is 0 Å². The molecule has 0 spiro atoms. The topological polar surface area (TPSA) is 84.9 Å². The van der Waals surface area contributed by atoms with E-state index in [1.807, 2.05) is 18.2 Å². The highest BCUT2D eigenvalue weighted by molar-refractivity contribution is 14.1. The lowest BCUT2D eigenvalue weighted by atomic mass is 10.1. The van der Waals surface area contributed by atoms with E-state index in [0.29, 0.717) is 41.9 Å². The molecule has 1 saturated heterocycles. The van der Waals surface area contributed by atoms with E-state index in [1.54, 1.807) is 48.5 Å². The summed E-state index contributed by atoms with van der Waals surface area (Å²) >= 11 is 15.3. The number of hydrogen-bond acceptors (Lipinski definition) is 6. The van der Waals surface area contributed by atoms with Crippen molar-refractivity contribution in [3.8, 4) is 11.5 Å². The van der Waals surface area contributed by atoms with Crippen molar-refractivity contribution in [2.24, 2.45) is 0 Å². The Kier molecular flexibility index (Phi) is 9.01. The molecule has 3 amide bonds. The first kappa shape index (κ1) is 27.3. The van der Waals surface area contributed by atoms with Crippen LogP contribution < -0.4 is 14.8 Å². The number of benzene rings is 3. The summed E-state index contributed by atoms with van der Waals surface area (Å²) in [5.41, 5.74) is 1.80. The molecule has 0 aliphatic carbocycles. The van der Waals surface area contributed by atoms with Crippen LogP contribution >= 0.6 is 57.6 Å². The number of ether oxygens (including phenoxy) is 2. The third-order valence-electron chi connectivity index (χ3n) is 5.21. The van der Waals surface area contributed by atoms with E-state index in [1.165, 1.54) is 7.11 Å². The minimum absolute atomic E-state index is 0.0286. The standard InChI is InChI=1S/C26H19Cl2IN2O5S/c1-35-21-11-15(10-20(29)24(21)36-14-23(32)30-16-6-3-2-4-7-16)12-22-25(33)31(26(34)37-22)13-17-18(27)8-5-9-19(17)28/h2-12H,13-14H2,1H3,(H,30,32)/b22-12-. The van der Waals surface area contributed by atoms with Crippen LogP contribution in [0.1, 0.15) is 11.1 Å². The number of thioether (sulfide) groups is 1. The summed E-state index contributed by atoms with van der Waals surface area (Å²) in [7, 11) is 1.48. The zero-order valence-electron chi connectivity index (χ0n) is 19.3. The van der Waals surface area contributed by atoms with Crippen LogP contribution in [0.2, 0.25) is 10.0 Å². The number of para-hydroxylation sites is 1. The molecule has 0 saturated carbocycles. The molecule has 1 fully saturated rings. The van der Waals surface area contributed by atoms with Gasteiger partial charge < -0.3 is 14.8 Å². The molecule has 7 nitrogen and oxygen atoms in total. The van der Waals surface area contributed by atoms with Gasteiger partial charge in [0.15, 0.2) is 18.1 Å². The Bertz CT molecular complexity index is 1380. The zero-order chi connectivity index (χ0) is 26.5. The molecule has 190 valence electrons. The minimum Gasteiger partial charge on any atom is -0.493 e. The number of rotatable bonds is 8. The van der Waals surface area contributed by atoms with Crippen LogP contribution in [0.25, 0.3) is 6.08 Å². The maximum atomic E-state index is 13.0. The molecule has 0 atom stereocenters. The number of carbonyl (C=O) groups is 3. The maximum Gasteiger partial charge on any atom is 0.293 e. The number of imide groups is 1. The summed E-state index contributed by atoms with van der Waals surface area (Å²) in [5, 5.41) is 3.09. The molecule has 1 aliphatic heterocycles. The highest BCUT2D eigenvalue weighted by atomic mass is 127. The lowest BCUT2D eigenvalue weighted by molar-refractivity contribution is -0.123. The van der Waals surface area contributed by atoms with Gasteiger partial charge in [-0.1, -0.05) is 47.5 Å². The third kappa shape index (κ3) is 6.59. The number of nitrogens with one attached hydrogen (secondary N) is 1. The van der Waals surface area contributed by atoms with E-state index in [4.69, 9.17) is 32.7 Å². The SMILES string of the molecule is COc1cc(/C=C2\SC(=O)N(Cc3c(Cl)cccc3Cl)C2=O)cc(I)c1OCC(=O)Nc1ccccc1. The van der Waals surface area contributed by atoms with Crippen molar-refractivity contribution < 1.29 is 23.9 Å². The molecular formula is C26H19Cl2IN2O5S. The predicted octanol–water partition coefficient (Wildman–Crippen LogP) is 6.86. The molecule has 0 bridgehead atoms. The Hall–Kier alpha value is -2.73. The van der Waals surface area contributed by atoms with E-state index in [9.17, 15) is 14.4 Å². The van der Waals surface area contributed by atoms with Crippen LogP contribution in [0.15, 0.2) is 65.6 Å². The molecule has 0 unspecified atom stereocenters. The molecule has 1 heterocycles. The Morgan fingerprint density at radius 2 is 1.78 bits per heavy atom. The summed E-state index contributed by atoms with van der Waals surface area (Å²) in [5.74, 6) is 0.0102. The lowest BCUT2D eigenvalue weighted by Gasteiger charge is -2.15. The number of hydrogen-bond donors (Lipinski definition) is 1. The highest BCUT2D eigenvalue weighted by Gasteiger charge is 2.35. The molecule has 0 aromatic heterocycles. The van der Waals surface area contributed by atoms with Gasteiger partial charge in [-0.05, 0) is 82.4 Å². The first-order valence-corrected chi connectivity index (χ1v) is 13.5. The van der Waals surface area contributed by atoms with Gasteiger partial charge in [-0.3, -0.25) is 19.3 Å². The van der Waals surface area contributed by atoms with Gasteiger partial charge in [0.1, 0.15) is 0 Å². The van der Waals surface area contributed by atoms with Gasteiger partial charge in [-0.2, -0.15) is 0 Å². The van der Waals surface area contributed by atoms with Gasteiger partial charge in [0.05, 0.1) is 22.1 Å². The van der Waals surface area contributed by atoms with E-state index in [2.05, 4.69) is 27.9 Å². The second-order valence-electron chi connectivity index (χ2n) is 7.71. The van der Waals surface area contributed by atoms with Crippen LogP contribution in [-0.2, 0) is 16.1 Å². The third-order valence-corrected chi connectivity index (χ3v) is 7.62. The van der Waals surface area contributed by atoms with Crippen LogP contribution in [0.5, 0.6) is 11.5 Å². The molecule has 0 radical (unpaired) electrons. The van der Waals surface area contributed by atoms with Gasteiger partial charge in [-0.25, -0.2) is 0 Å². The van der Waals surface area contributed by atoms with E-state index < -0.39 is 11.1 Å². The molecule has 1 aliphatic rings. The summed E-state index contributed by atoms with van der Waals surface area (Å²) in [6.45, 7) is -0.247. The lowest BCUT2D eigenvalue weighted by Crippen LogP contribution is -2.27. The van der Waals surface area contributed by atoms with Gasteiger partial charge in [-0.15, -0.1) is 0 Å². The molecule has 4 rings (SSSR count). The summed E-state index contributed by atoms with van der Waals surface area (Å²) < 4.78 is 11.9. The largest absolute Gasteiger partial charge is 0.493 e. The summed E-state index contributed by atoms with van der Waals surface area (Å²) in [6, 6.07) is 17.5. The van der Waals surface area contributed by atoms with Gasteiger partial charge in [0.2, 0.25) is 0 Å². The molecular weight excluding hydrogens is 650 g/mol. The molecule has 3 aromatic rings. The first-order chi connectivity index (χ1) is 17.8. The Morgan fingerprint density at radius 1 is 1.08 bits per heavy atom. The quantitative estimate of drug-likeness (QED) is 0.209. The van der Waals surface area contributed by atoms with E-state index in [0.717, 1.165) is 16.7 Å². The smallest absolute Gasteiger partial charge is 0.293 e. The zero-order valence-corrected chi connectivity index (χ0v) is 23.8. The fourth-order valence-corrected chi connectivity index (χ4v) is 5.58. The maximum absolute atomic E-state index is 13.0. The average molecular weight is 669 g/mol. The second-order valence-corrected chi connectivity index (χ2v) is 10.7. The number of halogens is 3. The van der Waals surface area contributed by atoms with Crippen LogP contribution in [0.3, 0.4) is 0 Å². The van der Waals surface area contributed by atoms with E-state index in [-0.39, 0.29) is 24.0 Å². The first-order valence-electron chi connectivity index (χ1n) is 10.8. The average Bonchev–Trinajstić information content (AvgIpc) is 3.13. The fourth-order valence-electron chi connectivity index (χ4n) is 3.45. The van der Waals surface area contributed by atoms with Crippen molar-refractivity contribution >= 4 is 86.4 Å². The van der Waals surface area contributed by atoms with Crippen molar-refractivity contribution in [2.75, 3.05) is 19.0 Å². The number of carbonyl (C=O) groups excluding carboxylic acids is 3. The second kappa shape index (κ2) is 12.2. The molecule has 3 aromatic carbocycles. The van der Waals surface area contributed by atoms with Crippen LogP contribution in [-0.4, -0.2) is 35.7 Å². The Labute approximate surface area is 241 Å². The Morgan fingerprint density at radius 3 is 2.46 bits per heavy atom. The number of methoxy groups -OCH3 is 1. The van der Waals surface area contributed by atoms with Crippen molar-refractivity contribution in [3.63, 3.8) is 0 Å². The Balaban J connectivity index is 1.49. The number of nitrogens with zero attached hydrogens (tertiary/aromatic N) is 1. The van der Waals surface area contributed by atoms with Gasteiger partial charge in [0.25, 0.3) is 17.1 Å². The predicted molar refractivity (Wildman–Crippen MR) is 154 cm³/mol. The van der Waals surface area contributed by atoms with Crippen molar-refractivity contribution in [3.05, 3.63) is 90.3 Å². The summed E-state index contributed by atoms with van der Waals surface area (Å²) in [4.78, 5) is 39.2. The number of anilines is 1. The minimum atomic E-state index is -0.446. The summed E-state index contributed by atoms with van der Waals surface area (Å²) in [6.07, 6.45) is 1.61. The highest BCUT2D eigenvalue weighted by Crippen LogP contribution is 2.38.